The molecule has 2 N–H and O–H groups in total. The number of rotatable bonds is 8. The first kappa shape index (κ1) is 22.1. The molecule has 1 aromatic carbocycles. The molecule has 3 rings (SSSR count). The van der Waals surface area contributed by atoms with E-state index in [9.17, 15) is 9.59 Å². The lowest BCUT2D eigenvalue weighted by atomic mass is 10.0. The van der Waals surface area contributed by atoms with Crippen LogP contribution in [0.5, 0.6) is 11.6 Å². The number of benzene rings is 1. The Morgan fingerprint density at radius 3 is 2.58 bits per heavy atom. The molecule has 7 nitrogen and oxygen atoms in total. The number of carbonyl (C=O) groups is 2. The molecule has 31 heavy (non-hydrogen) atoms. The largest absolute Gasteiger partial charge is 0.459 e. The van der Waals surface area contributed by atoms with Crippen molar-refractivity contribution in [3.05, 3.63) is 77.4 Å². The van der Waals surface area contributed by atoms with Gasteiger partial charge in [0.05, 0.1) is 6.26 Å². The fraction of sp³-hybridized carbons (Fsp3) is 0.292. The summed E-state index contributed by atoms with van der Waals surface area (Å²) in [5.41, 5.74) is 2.96. The minimum absolute atomic E-state index is 0.0922. The highest BCUT2D eigenvalue weighted by molar-refractivity contribution is 5.95. The molecule has 3 aromatic rings. The summed E-state index contributed by atoms with van der Waals surface area (Å²) >= 11 is 0. The first-order valence-electron chi connectivity index (χ1n) is 10.2. The first-order chi connectivity index (χ1) is 14.8. The third-order valence-electron chi connectivity index (χ3n) is 4.80. The number of ether oxygens (including phenoxy) is 1. The molecule has 0 saturated heterocycles. The van der Waals surface area contributed by atoms with E-state index in [0.717, 1.165) is 22.4 Å². The van der Waals surface area contributed by atoms with Gasteiger partial charge in [-0.2, -0.15) is 0 Å². The van der Waals surface area contributed by atoms with Crippen LogP contribution in [0.4, 0.5) is 0 Å². The van der Waals surface area contributed by atoms with Crippen LogP contribution in [0.15, 0.2) is 59.3 Å². The maximum Gasteiger partial charge on any atom is 0.287 e. The molecule has 7 heteroatoms. The summed E-state index contributed by atoms with van der Waals surface area (Å²) in [5.74, 6) is 0.627. The number of aryl methyl sites for hydroxylation is 2. The van der Waals surface area contributed by atoms with Gasteiger partial charge in [-0.05, 0) is 54.7 Å². The zero-order valence-electron chi connectivity index (χ0n) is 18.1. The molecule has 0 aliphatic carbocycles. The van der Waals surface area contributed by atoms with Gasteiger partial charge in [0.1, 0.15) is 11.8 Å². The Bertz CT molecular complexity index is 1030. The van der Waals surface area contributed by atoms with Gasteiger partial charge in [0.2, 0.25) is 11.8 Å². The van der Waals surface area contributed by atoms with Crippen molar-refractivity contribution in [2.75, 3.05) is 0 Å². The standard InChI is InChI=1S/C24H27N3O4/c1-15(2)22(27-23(28)19-6-5-11-30-19)24(29)26-14-18-9-10-21(25-13-18)31-20-12-16(3)7-8-17(20)4/h5-13,15,22H,14H2,1-4H3,(H,26,29)(H,27,28)/t22-/m0/s1. The highest BCUT2D eigenvalue weighted by Gasteiger charge is 2.25. The molecule has 0 radical (unpaired) electrons. The van der Waals surface area contributed by atoms with Crippen molar-refractivity contribution in [3.8, 4) is 11.6 Å². The summed E-state index contributed by atoms with van der Waals surface area (Å²) in [6.07, 6.45) is 3.08. The molecule has 0 bridgehead atoms. The van der Waals surface area contributed by atoms with Crippen LogP contribution in [-0.2, 0) is 11.3 Å². The van der Waals surface area contributed by atoms with E-state index in [1.165, 1.54) is 6.26 Å². The van der Waals surface area contributed by atoms with Crippen molar-refractivity contribution < 1.29 is 18.7 Å². The van der Waals surface area contributed by atoms with E-state index in [2.05, 4.69) is 15.6 Å². The van der Waals surface area contributed by atoms with Gasteiger partial charge in [0, 0.05) is 18.8 Å². The molecule has 162 valence electrons. The SMILES string of the molecule is Cc1ccc(C)c(Oc2ccc(CNC(=O)[C@@H](NC(=O)c3ccco3)C(C)C)cn2)c1. The van der Waals surface area contributed by atoms with Gasteiger partial charge in [-0.1, -0.05) is 32.0 Å². The summed E-state index contributed by atoms with van der Waals surface area (Å²) < 4.78 is 11.0. The number of amides is 2. The number of hydrogen-bond acceptors (Lipinski definition) is 5. The lowest BCUT2D eigenvalue weighted by Crippen LogP contribution is -2.49. The molecular weight excluding hydrogens is 394 g/mol. The topological polar surface area (TPSA) is 93.5 Å². The van der Waals surface area contributed by atoms with Gasteiger partial charge in [0.15, 0.2) is 5.76 Å². The predicted octanol–water partition coefficient (Wildman–Crippen LogP) is 4.15. The van der Waals surface area contributed by atoms with Crippen LogP contribution in [0.2, 0.25) is 0 Å². The zero-order valence-corrected chi connectivity index (χ0v) is 18.1. The highest BCUT2D eigenvalue weighted by Crippen LogP contribution is 2.24. The smallest absolute Gasteiger partial charge is 0.287 e. The normalized spacial score (nSPS) is 11.8. The van der Waals surface area contributed by atoms with Crippen LogP contribution in [0.3, 0.4) is 0 Å². The van der Waals surface area contributed by atoms with Crippen LogP contribution >= 0.6 is 0 Å². The van der Waals surface area contributed by atoms with Gasteiger partial charge in [-0.3, -0.25) is 9.59 Å². The van der Waals surface area contributed by atoms with E-state index in [1.807, 2.05) is 52.0 Å². The van der Waals surface area contributed by atoms with Crippen molar-refractivity contribution in [2.45, 2.75) is 40.3 Å². The summed E-state index contributed by atoms with van der Waals surface area (Å²) in [6, 6.07) is 12.1. The second-order valence-electron chi connectivity index (χ2n) is 7.77. The van der Waals surface area contributed by atoms with Crippen LogP contribution < -0.4 is 15.4 Å². The van der Waals surface area contributed by atoms with Gasteiger partial charge in [0.25, 0.3) is 5.91 Å². The Labute approximate surface area is 181 Å². The van der Waals surface area contributed by atoms with E-state index < -0.39 is 11.9 Å². The number of nitrogens with one attached hydrogen (secondary N) is 2. The monoisotopic (exact) mass is 421 g/mol. The molecule has 0 aliphatic rings. The van der Waals surface area contributed by atoms with Crippen LogP contribution in [0.25, 0.3) is 0 Å². The van der Waals surface area contributed by atoms with Crippen LogP contribution in [-0.4, -0.2) is 22.8 Å². The average Bonchev–Trinajstić information content (AvgIpc) is 3.28. The number of nitrogens with zero attached hydrogens (tertiary/aromatic N) is 1. The van der Waals surface area contributed by atoms with E-state index in [1.54, 1.807) is 24.4 Å². The molecular formula is C24H27N3O4. The number of furan rings is 1. The third kappa shape index (κ3) is 5.94. The van der Waals surface area contributed by atoms with Gasteiger partial charge in [-0.25, -0.2) is 4.98 Å². The highest BCUT2D eigenvalue weighted by atomic mass is 16.5. The summed E-state index contributed by atoms with van der Waals surface area (Å²) in [6.45, 7) is 8.01. The van der Waals surface area contributed by atoms with Crippen LogP contribution in [0.1, 0.15) is 41.1 Å². The fourth-order valence-electron chi connectivity index (χ4n) is 2.96. The molecule has 0 spiro atoms. The second kappa shape index (κ2) is 9.93. The predicted molar refractivity (Wildman–Crippen MR) is 117 cm³/mol. The number of carbonyl (C=O) groups excluding carboxylic acids is 2. The fourth-order valence-corrected chi connectivity index (χ4v) is 2.96. The Morgan fingerprint density at radius 1 is 1.13 bits per heavy atom. The molecule has 1 atom stereocenters. The molecule has 0 fully saturated rings. The molecule has 2 amide bonds. The second-order valence-corrected chi connectivity index (χ2v) is 7.77. The van der Waals surface area contributed by atoms with Crippen molar-refractivity contribution >= 4 is 11.8 Å². The lowest BCUT2D eigenvalue weighted by Gasteiger charge is -2.21. The Kier molecular flexibility index (Phi) is 7.07. The third-order valence-corrected chi connectivity index (χ3v) is 4.80. The number of aromatic nitrogens is 1. The van der Waals surface area contributed by atoms with E-state index in [0.29, 0.717) is 5.88 Å². The maximum absolute atomic E-state index is 12.6. The van der Waals surface area contributed by atoms with Crippen molar-refractivity contribution in [1.29, 1.82) is 0 Å². The molecule has 0 unspecified atom stereocenters. The Hall–Kier alpha value is -3.61. The molecule has 2 heterocycles. The van der Waals surface area contributed by atoms with Gasteiger partial charge in [-0.15, -0.1) is 0 Å². The lowest BCUT2D eigenvalue weighted by molar-refractivity contribution is -0.124. The quantitative estimate of drug-likeness (QED) is 0.570. The number of hydrogen-bond donors (Lipinski definition) is 2. The van der Waals surface area contributed by atoms with E-state index in [4.69, 9.17) is 9.15 Å². The molecule has 0 saturated carbocycles. The number of pyridine rings is 1. The molecule has 2 aromatic heterocycles. The average molecular weight is 421 g/mol. The zero-order chi connectivity index (χ0) is 22.4. The van der Waals surface area contributed by atoms with E-state index in [-0.39, 0.29) is 24.1 Å². The van der Waals surface area contributed by atoms with Crippen molar-refractivity contribution in [3.63, 3.8) is 0 Å². The summed E-state index contributed by atoms with van der Waals surface area (Å²) in [5, 5.41) is 5.57. The minimum atomic E-state index is -0.683. The van der Waals surface area contributed by atoms with Crippen LogP contribution in [0, 0.1) is 19.8 Å². The Morgan fingerprint density at radius 2 is 1.94 bits per heavy atom. The maximum atomic E-state index is 12.6. The van der Waals surface area contributed by atoms with Crippen molar-refractivity contribution in [2.24, 2.45) is 5.92 Å². The Balaban J connectivity index is 1.57. The first-order valence-corrected chi connectivity index (χ1v) is 10.2. The molecule has 0 aliphatic heterocycles. The van der Waals surface area contributed by atoms with Crippen molar-refractivity contribution in [1.82, 2.24) is 15.6 Å². The van der Waals surface area contributed by atoms with Gasteiger partial charge < -0.3 is 19.8 Å². The van der Waals surface area contributed by atoms with Gasteiger partial charge >= 0.3 is 0 Å². The van der Waals surface area contributed by atoms with E-state index >= 15 is 0 Å². The summed E-state index contributed by atoms with van der Waals surface area (Å²) in [7, 11) is 0. The minimum Gasteiger partial charge on any atom is -0.459 e. The summed E-state index contributed by atoms with van der Waals surface area (Å²) in [4.78, 5) is 29.2.